The minimum absolute atomic E-state index is 0.187. The molecule has 2 bridgehead atoms. The van der Waals surface area contributed by atoms with Crippen molar-refractivity contribution in [3.05, 3.63) is 0 Å². The summed E-state index contributed by atoms with van der Waals surface area (Å²) < 4.78 is 32.3. The average Bonchev–Trinajstić information content (AvgIpc) is 3.06. The van der Waals surface area contributed by atoms with Crippen LogP contribution in [0.4, 0.5) is 0 Å². The van der Waals surface area contributed by atoms with Crippen molar-refractivity contribution < 1.29 is 38.0 Å². The molecule has 0 amide bonds. The molecular formula is C18H30O8. The van der Waals surface area contributed by atoms with Crippen molar-refractivity contribution in [3.8, 4) is 0 Å². The maximum atomic E-state index is 12.8. The maximum absolute atomic E-state index is 12.8. The summed E-state index contributed by atoms with van der Waals surface area (Å²) in [6.45, 7) is 0. The lowest BCUT2D eigenvalue weighted by molar-refractivity contribution is -0.259. The van der Waals surface area contributed by atoms with Crippen molar-refractivity contribution in [2.75, 3.05) is 42.7 Å². The molecule has 3 atom stereocenters. The Morgan fingerprint density at radius 3 is 1.81 bits per heavy atom. The largest absolute Gasteiger partial charge is 0.468 e. The molecule has 2 aliphatic carbocycles. The van der Waals surface area contributed by atoms with Gasteiger partial charge in [0.25, 0.3) is 0 Å². The molecule has 0 aromatic rings. The monoisotopic (exact) mass is 374 g/mol. The number of ether oxygens (including phenoxy) is 6. The van der Waals surface area contributed by atoms with Crippen LogP contribution in [0, 0.1) is 22.7 Å². The second kappa shape index (κ2) is 8.21. The van der Waals surface area contributed by atoms with E-state index in [1.54, 1.807) is 14.2 Å². The first-order valence-corrected chi connectivity index (χ1v) is 8.69. The maximum Gasteiger partial charge on any atom is 0.323 e. The van der Waals surface area contributed by atoms with Crippen molar-refractivity contribution in [1.29, 1.82) is 0 Å². The number of fused-ring (bicyclic) bond motifs is 2. The van der Waals surface area contributed by atoms with Crippen LogP contribution >= 0.6 is 0 Å². The summed E-state index contributed by atoms with van der Waals surface area (Å²) in [7, 11) is 8.83. The Morgan fingerprint density at radius 1 is 0.846 bits per heavy atom. The zero-order valence-electron chi connectivity index (χ0n) is 16.4. The van der Waals surface area contributed by atoms with Gasteiger partial charge in [-0.1, -0.05) is 0 Å². The van der Waals surface area contributed by atoms with E-state index in [0.29, 0.717) is 19.3 Å². The van der Waals surface area contributed by atoms with E-state index in [9.17, 15) is 9.59 Å². The number of esters is 2. The highest BCUT2D eigenvalue weighted by Gasteiger charge is 2.69. The van der Waals surface area contributed by atoms with E-state index in [1.807, 2.05) is 0 Å². The molecule has 0 aliphatic heterocycles. The van der Waals surface area contributed by atoms with Crippen molar-refractivity contribution in [2.24, 2.45) is 22.7 Å². The van der Waals surface area contributed by atoms with Crippen molar-refractivity contribution in [3.63, 3.8) is 0 Å². The van der Waals surface area contributed by atoms with Crippen molar-refractivity contribution in [1.82, 2.24) is 0 Å². The fourth-order valence-corrected chi connectivity index (χ4v) is 5.27. The average molecular weight is 374 g/mol. The summed E-state index contributed by atoms with van der Waals surface area (Å²) in [6.07, 6.45) is 0.982. The first kappa shape index (κ1) is 21.1. The first-order valence-electron chi connectivity index (χ1n) is 8.69. The fraction of sp³-hybridized carbons (Fsp3) is 0.889. The Kier molecular flexibility index (Phi) is 6.65. The Bertz CT molecular complexity index is 497. The van der Waals surface area contributed by atoms with Crippen LogP contribution in [0.5, 0.6) is 0 Å². The van der Waals surface area contributed by atoms with Gasteiger partial charge in [0.15, 0.2) is 18.0 Å². The highest BCUT2D eigenvalue weighted by atomic mass is 16.7. The third-order valence-electron chi connectivity index (χ3n) is 6.35. The Morgan fingerprint density at radius 2 is 1.38 bits per heavy atom. The molecule has 0 radical (unpaired) electrons. The molecular weight excluding hydrogens is 344 g/mol. The second-order valence-corrected chi connectivity index (χ2v) is 7.08. The van der Waals surface area contributed by atoms with E-state index in [4.69, 9.17) is 28.4 Å². The van der Waals surface area contributed by atoms with Gasteiger partial charge in [-0.05, 0) is 31.6 Å². The van der Waals surface area contributed by atoms with Gasteiger partial charge in [0.2, 0.25) is 0 Å². The minimum Gasteiger partial charge on any atom is -0.468 e. The first-order chi connectivity index (χ1) is 12.4. The predicted octanol–water partition coefficient (Wildman–Crippen LogP) is 1.36. The van der Waals surface area contributed by atoms with E-state index in [-0.39, 0.29) is 18.3 Å². The standard InChI is InChI=1S/C18H30O8/c1-21-13(22-2)12-10-18(14(19)23-3,15(20)24-4)11-7-8-17(12,9-11)16(25-5)26-6/h11-13,16H,7-10H2,1-6H3/t11?,12-,17-/m1/s1. The molecule has 0 aromatic carbocycles. The summed E-state index contributed by atoms with van der Waals surface area (Å²) in [4.78, 5) is 25.5. The lowest BCUT2D eigenvalue weighted by Gasteiger charge is -2.51. The molecule has 0 aromatic heterocycles. The van der Waals surface area contributed by atoms with Crippen LogP contribution < -0.4 is 0 Å². The summed E-state index contributed by atoms with van der Waals surface area (Å²) in [6, 6.07) is 0. The highest BCUT2D eigenvalue weighted by molar-refractivity contribution is 6.00. The molecule has 1 unspecified atom stereocenters. The van der Waals surface area contributed by atoms with Gasteiger partial charge in [0.05, 0.1) is 14.2 Å². The summed E-state index contributed by atoms with van der Waals surface area (Å²) >= 11 is 0. The summed E-state index contributed by atoms with van der Waals surface area (Å²) in [5.74, 6) is -1.69. The molecule has 0 saturated heterocycles. The molecule has 0 N–H and O–H groups in total. The molecule has 26 heavy (non-hydrogen) atoms. The minimum atomic E-state index is -1.38. The van der Waals surface area contributed by atoms with E-state index < -0.39 is 35.3 Å². The molecule has 150 valence electrons. The topological polar surface area (TPSA) is 89.5 Å². The van der Waals surface area contributed by atoms with E-state index in [2.05, 4.69) is 0 Å². The smallest absolute Gasteiger partial charge is 0.323 e. The van der Waals surface area contributed by atoms with Gasteiger partial charge < -0.3 is 28.4 Å². The number of carbonyl (C=O) groups excluding carboxylic acids is 2. The molecule has 0 heterocycles. The van der Waals surface area contributed by atoms with Crippen LogP contribution in [-0.2, 0) is 38.0 Å². The van der Waals surface area contributed by atoms with Gasteiger partial charge in [-0.25, -0.2) is 0 Å². The fourth-order valence-electron chi connectivity index (χ4n) is 5.27. The Labute approximate surface area is 154 Å². The molecule has 2 aliphatic rings. The quantitative estimate of drug-likeness (QED) is 0.357. The van der Waals surface area contributed by atoms with Gasteiger partial charge in [-0.15, -0.1) is 0 Å². The Hall–Kier alpha value is -1.22. The molecule has 2 rings (SSSR count). The van der Waals surface area contributed by atoms with Crippen molar-refractivity contribution >= 4 is 11.9 Å². The third kappa shape index (κ3) is 2.93. The van der Waals surface area contributed by atoms with Gasteiger partial charge in [0.1, 0.15) is 0 Å². The van der Waals surface area contributed by atoms with E-state index in [1.165, 1.54) is 28.4 Å². The predicted molar refractivity (Wildman–Crippen MR) is 90.0 cm³/mol. The number of methoxy groups -OCH3 is 6. The van der Waals surface area contributed by atoms with Gasteiger partial charge >= 0.3 is 11.9 Å². The van der Waals surface area contributed by atoms with Gasteiger partial charge in [-0.3, -0.25) is 9.59 Å². The number of hydrogen-bond donors (Lipinski definition) is 0. The third-order valence-corrected chi connectivity index (χ3v) is 6.35. The second-order valence-electron chi connectivity index (χ2n) is 7.08. The molecule has 8 nitrogen and oxygen atoms in total. The highest BCUT2D eigenvalue weighted by Crippen LogP contribution is 2.64. The lowest BCUT2D eigenvalue weighted by atomic mass is 9.56. The summed E-state index contributed by atoms with van der Waals surface area (Å²) in [5.41, 5.74) is -1.81. The zero-order chi connectivity index (χ0) is 19.5. The number of carbonyl (C=O) groups is 2. The van der Waals surface area contributed by atoms with Crippen LogP contribution in [0.2, 0.25) is 0 Å². The van der Waals surface area contributed by atoms with Crippen LogP contribution in [0.1, 0.15) is 25.7 Å². The molecule has 0 spiro atoms. The number of rotatable bonds is 8. The lowest BCUT2D eigenvalue weighted by Crippen LogP contribution is -2.58. The van der Waals surface area contributed by atoms with Crippen LogP contribution in [0.3, 0.4) is 0 Å². The summed E-state index contributed by atoms with van der Waals surface area (Å²) in [5, 5.41) is 0. The molecule has 2 saturated carbocycles. The van der Waals surface area contributed by atoms with E-state index in [0.717, 1.165) is 0 Å². The van der Waals surface area contributed by atoms with Gasteiger partial charge in [0, 0.05) is 39.8 Å². The van der Waals surface area contributed by atoms with Crippen molar-refractivity contribution in [2.45, 2.75) is 38.3 Å². The number of hydrogen-bond acceptors (Lipinski definition) is 8. The van der Waals surface area contributed by atoms with E-state index >= 15 is 0 Å². The zero-order valence-corrected chi connectivity index (χ0v) is 16.4. The Balaban J connectivity index is 2.58. The normalized spacial score (nSPS) is 29.8. The molecule has 2 fully saturated rings. The SMILES string of the molecule is COC(=O)C1(C(=O)OC)C[C@H](C(OC)OC)[C@@]2(C(OC)OC)CCC1C2. The van der Waals surface area contributed by atoms with Crippen LogP contribution in [0.25, 0.3) is 0 Å². The molecule has 8 heteroatoms. The van der Waals surface area contributed by atoms with Gasteiger partial charge in [-0.2, -0.15) is 0 Å². The van der Waals surface area contributed by atoms with Crippen LogP contribution in [0.15, 0.2) is 0 Å². The van der Waals surface area contributed by atoms with Crippen LogP contribution in [-0.4, -0.2) is 67.2 Å².